The van der Waals surface area contributed by atoms with Crippen molar-refractivity contribution < 1.29 is 21.5 Å². The van der Waals surface area contributed by atoms with Gasteiger partial charge in [-0.1, -0.05) is 39.0 Å². The van der Waals surface area contributed by atoms with Gasteiger partial charge < -0.3 is 0 Å². The van der Waals surface area contributed by atoms with Gasteiger partial charge in [0, 0.05) is 26.2 Å². The van der Waals surface area contributed by atoms with Crippen molar-refractivity contribution in [2.24, 2.45) is 0 Å². The lowest BCUT2D eigenvalue weighted by molar-refractivity contribution is 0.273. The second kappa shape index (κ2) is 7.66. The number of rotatable bonds is 4. The van der Waals surface area contributed by atoms with Gasteiger partial charge in [0.05, 0.1) is 4.90 Å². The van der Waals surface area contributed by atoms with Crippen LogP contribution in [0.4, 0.5) is 0 Å². The van der Waals surface area contributed by atoms with Gasteiger partial charge >= 0.3 is 0 Å². The van der Waals surface area contributed by atoms with Gasteiger partial charge in [-0.25, -0.2) is 21.5 Å². The Morgan fingerprint density at radius 2 is 1.39 bits per heavy atom. The van der Waals surface area contributed by atoms with Gasteiger partial charge in [0.25, 0.3) is 0 Å². The summed E-state index contributed by atoms with van der Waals surface area (Å²) >= 11 is 0. The molecule has 4 rings (SSSR count). The molecule has 166 valence electrons. The third kappa shape index (κ3) is 3.98. The van der Waals surface area contributed by atoms with Gasteiger partial charge in [-0.05, 0) is 45.6 Å². The molecule has 0 unspecified atom stereocenters. The van der Waals surface area contributed by atoms with Crippen LogP contribution in [-0.4, -0.2) is 61.9 Å². The van der Waals surface area contributed by atoms with E-state index in [0.29, 0.717) is 5.52 Å². The van der Waals surface area contributed by atoms with Crippen molar-refractivity contribution in [3.05, 3.63) is 48.0 Å². The average molecular weight is 465 g/mol. The Morgan fingerprint density at radius 3 is 1.97 bits per heavy atom. The topological polar surface area (TPSA) is 114 Å². The Balaban J connectivity index is 1.52. The molecule has 0 radical (unpaired) electrons. The quantitative estimate of drug-likeness (QED) is 0.582. The molecule has 3 aromatic rings. The summed E-state index contributed by atoms with van der Waals surface area (Å²) in [5, 5.41) is 7.38. The van der Waals surface area contributed by atoms with Crippen LogP contribution in [0.2, 0.25) is 0 Å². The standard InChI is InChI=1S/C20H24N4O5S2/c1-20(2,3)15-7-9-16(10-8-15)30(25,26)23-11-13-24(14-12-23)31(27,28)18-6-4-5-17-19(18)22-29-21-17/h4-10H,11-14H2,1-3H3. The molecular formula is C20H24N4O5S2. The zero-order chi connectivity index (χ0) is 22.4. The van der Waals surface area contributed by atoms with E-state index in [1.807, 2.05) is 12.1 Å². The third-order valence-electron chi connectivity index (χ3n) is 5.42. The molecular weight excluding hydrogens is 440 g/mol. The van der Waals surface area contributed by atoms with E-state index in [-0.39, 0.29) is 46.9 Å². The Kier molecular flexibility index (Phi) is 5.41. The van der Waals surface area contributed by atoms with Crippen molar-refractivity contribution in [1.82, 2.24) is 18.9 Å². The van der Waals surface area contributed by atoms with E-state index in [1.165, 1.54) is 14.7 Å². The maximum atomic E-state index is 13.1. The molecule has 2 heterocycles. The zero-order valence-corrected chi connectivity index (χ0v) is 19.1. The zero-order valence-electron chi connectivity index (χ0n) is 17.5. The van der Waals surface area contributed by atoms with Gasteiger partial charge in [-0.2, -0.15) is 8.61 Å². The molecule has 1 saturated heterocycles. The van der Waals surface area contributed by atoms with Crippen molar-refractivity contribution in [2.75, 3.05) is 26.2 Å². The maximum absolute atomic E-state index is 13.1. The number of hydrogen-bond donors (Lipinski definition) is 0. The van der Waals surface area contributed by atoms with Gasteiger partial charge in [0.2, 0.25) is 20.0 Å². The first kappa shape index (κ1) is 21.9. The molecule has 0 N–H and O–H groups in total. The van der Waals surface area contributed by atoms with Crippen molar-refractivity contribution in [2.45, 2.75) is 36.0 Å². The molecule has 0 aliphatic carbocycles. The third-order valence-corrected chi connectivity index (χ3v) is 9.27. The summed E-state index contributed by atoms with van der Waals surface area (Å²) in [4.78, 5) is 0.204. The van der Waals surface area contributed by atoms with Crippen LogP contribution >= 0.6 is 0 Å². The van der Waals surface area contributed by atoms with E-state index < -0.39 is 20.0 Å². The molecule has 1 aliphatic rings. The highest BCUT2D eigenvalue weighted by Gasteiger charge is 2.35. The summed E-state index contributed by atoms with van der Waals surface area (Å²) < 4.78 is 59.5. The second-order valence-corrected chi connectivity index (χ2v) is 12.3. The SMILES string of the molecule is CC(C)(C)c1ccc(S(=O)(=O)N2CCN(S(=O)(=O)c3cccc4nonc34)CC2)cc1. The molecule has 0 atom stereocenters. The molecule has 0 bridgehead atoms. The fraction of sp³-hybridized carbons (Fsp3) is 0.400. The monoisotopic (exact) mass is 464 g/mol. The fourth-order valence-electron chi connectivity index (χ4n) is 3.56. The lowest BCUT2D eigenvalue weighted by Gasteiger charge is -2.33. The lowest BCUT2D eigenvalue weighted by Crippen LogP contribution is -2.50. The lowest BCUT2D eigenvalue weighted by atomic mass is 9.87. The van der Waals surface area contributed by atoms with E-state index in [0.717, 1.165) is 5.56 Å². The molecule has 0 spiro atoms. The van der Waals surface area contributed by atoms with Crippen molar-refractivity contribution >= 4 is 31.1 Å². The maximum Gasteiger partial charge on any atom is 0.245 e. The van der Waals surface area contributed by atoms with Gasteiger partial charge in [-0.15, -0.1) is 0 Å². The predicted octanol–water partition coefficient (Wildman–Crippen LogP) is 2.22. The normalized spacial score (nSPS) is 17.3. The van der Waals surface area contributed by atoms with Gasteiger partial charge in [0.15, 0.2) is 5.52 Å². The Morgan fingerprint density at radius 1 is 0.806 bits per heavy atom. The van der Waals surface area contributed by atoms with E-state index in [9.17, 15) is 16.8 Å². The highest BCUT2D eigenvalue weighted by molar-refractivity contribution is 7.89. The Bertz CT molecular complexity index is 1300. The molecule has 1 fully saturated rings. The minimum Gasteiger partial charge on any atom is -0.243 e. The number of sulfonamides is 2. The number of nitrogens with zero attached hydrogens (tertiary/aromatic N) is 4. The largest absolute Gasteiger partial charge is 0.245 e. The molecule has 1 aromatic heterocycles. The predicted molar refractivity (Wildman–Crippen MR) is 114 cm³/mol. The van der Waals surface area contributed by atoms with E-state index >= 15 is 0 Å². The van der Waals surface area contributed by atoms with E-state index in [2.05, 4.69) is 35.7 Å². The summed E-state index contributed by atoms with van der Waals surface area (Å²) in [5.41, 5.74) is 1.47. The molecule has 2 aromatic carbocycles. The van der Waals surface area contributed by atoms with Crippen LogP contribution in [0.1, 0.15) is 26.3 Å². The number of aromatic nitrogens is 2. The van der Waals surface area contributed by atoms with E-state index in [4.69, 9.17) is 0 Å². The smallest absolute Gasteiger partial charge is 0.243 e. The Labute approximate surface area is 181 Å². The minimum atomic E-state index is -3.86. The minimum absolute atomic E-state index is 0.000302. The number of fused-ring (bicyclic) bond motifs is 1. The van der Waals surface area contributed by atoms with E-state index in [1.54, 1.807) is 24.3 Å². The highest BCUT2D eigenvalue weighted by Crippen LogP contribution is 2.27. The Hall–Kier alpha value is -2.34. The summed E-state index contributed by atoms with van der Waals surface area (Å²) in [5.74, 6) is 0. The summed E-state index contributed by atoms with van der Waals surface area (Å²) in [6.07, 6.45) is 0. The first-order valence-electron chi connectivity index (χ1n) is 9.83. The fourth-order valence-corrected chi connectivity index (χ4v) is 6.54. The molecule has 11 heteroatoms. The van der Waals surface area contributed by atoms with Crippen LogP contribution in [-0.2, 0) is 25.5 Å². The van der Waals surface area contributed by atoms with Crippen molar-refractivity contribution in [1.29, 1.82) is 0 Å². The van der Waals surface area contributed by atoms with Crippen LogP contribution in [0, 0.1) is 0 Å². The van der Waals surface area contributed by atoms with Crippen LogP contribution in [0.25, 0.3) is 11.0 Å². The van der Waals surface area contributed by atoms with Crippen LogP contribution in [0.15, 0.2) is 56.9 Å². The first-order valence-corrected chi connectivity index (χ1v) is 12.7. The second-order valence-electron chi connectivity index (χ2n) is 8.47. The highest BCUT2D eigenvalue weighted by atomic mass is 32.2. The summed E-state index contributed by atoms with van der Waals surface area (Å²) in [6.45, 7) is 6.40. The van der Waals surface area contributed by atoms with Crippen LogP contribution in [0.5, 0.6) is 0 Å². The molecule has 9 nitrogen and oxygen atoms in total. The van der Waals surface area contributed by atoms with Gasteiger partial charge in [-0.3, -0.25) is 0 Å². The molecule has 0 saturated carbocycles. The number of piperazine rings is 1. The molecule has 0 amide bonds. The summed E-state index contributed by atoms with van der Waals surface area (Å²) in [7, 11) is -7.57. The van der Waals surface area contributed by atoms with Gasteiger partial charge in [0.1, 0.15) is 10.4 Å². The molecule has 1 aliphatic heterocycles. The van der Waals surface area contributed by atoms with Crippen LogP contribution < -0.4 is 0 Å². The van der Waals surface area contributed by atoms with Crippen LogP contribution in [0.3, 0.4) is 0 Å². The number of benzene rings is 2. The van der Waals surface area contributed by atoms with Crippen molar-refractivity contribution in [3.8, 4) is 0 Å². The summed E-state index contributed by atoms with van der Waals surface area (Å²) in [6, 6.07) is 11.5. The number of hydrogen-bond acceptors (Lipinski definition) is 7. The first-order chi connectivity index (χ1) is 14.5. The average Bonchev–Trinajstić information content (AvgIpc) is 3.22. The van der Waals surface area contributed by atoms with Crippen molar-refractivity contribution in [3.63, 3.8) is 0 Å². The molecule has 31 heavy (non-hydrogen) atoms.